The maximum absolute atomic E-state index is 12.5. The van der Waals surface area contributed by atoms with E-state index in [0.29, 0.717) is 0 Å². The second-order valence-corrected chi connectivity index (χ2v) is 7.69. The Hall–Kier alpha value is -0.564. The van der Waals surface area contributed by atoms with E-state index in [9.17, 15) is 22.8 Å². The first-order chi connectivity index (χ1) is 12.3. The SMILES string of the molecule is C=C(C)C(=O)OCC(CC)(COC(=O)C(=C)C)C(=O)OCCCS(=O)(=O)O.[KH]. The van der Waals surface area contributed by atoms with Crippen molar-refractivity contribution in [2.45, 2.75) is 33.6 Å². The van der Waals surface area contributed by atoms with Crippen LogP contribution in [0, 0.1) is 5.41 Å². The molecule has 0 saturated heterocycles. The molecule has 1 N–H and O–H groups in total. The summed E-state index contributed by atoms with van der Waals surface area (Å²) in [5.41, 5.74) is -1.23. The molecule has 0 rings (SSSR count). The standard InChI is InChI=1S/C17H26O9S.K.H/c1-6-17(10-25-14(18)12(2)3,11-26-15(19)13(4)5)16(20)24-8-7-9-27(21,22)23;;/h2,4,6-11H2,1,3,5H3,(H,21,22,23);;. The van der Waals surface area contributed by atoms with Crippen LogP contribution in [0.25, 0.3) is 0 Å². The molecule has 0 bridgehead atoms. The fraction of sp³-hybridized carbons (Fsp3) is 0.588. The minimum atomic E-state index is -4.17. The predicted octanol–water partition coefficient (Wildman–Crippen LogP) is 0.794. The molecule has 156 valence electrons. The molecule has 0 aliphatic rings. The van der Waals surface area contributed by atoms with Crippen molar-refractivity contribution in [2.75, 3.05) is 25.6 Å². The normalized spacial score (nSPS) is 11.0. The quantitative estimate of drug-likeness (QED) is 0.115. The van der Waals surface area contributed by atoms with Crippen molar-refractivity contribution in [3.63, 3.8) is 0 Å². The summed E-state index contributed by atoms with van der Waals surface area (Å²) in [6.07, 6.45) is -0.0153. The number of carbonyl (C=O) groups is 3. The predicted molar refractivity (Wildman–Crippen MR) is 103 cm³/mol. The van der Waals surface area contributed by atoms with Gasteiger partial charge in [-0.25, -0.2) is 9.59 Å². The van der Waals surface area contributed by atoms with Crippen LogP contribution in [0.2, 0.25) is 0 Å². The Morgan fingerprint density at radius 1 is 0.964 bits per heavy atom. The molecule has 0 amide bonds. The molecule has 0 saturated carbocycles. The fourth-order valence-electron chi connectivity index (χ4n) is 1.72. The third-order valence-electron chi connectivity index (χ3n) is 3.55. The maximum atomic E-state index is 12.5. The Kier molecular flexibility index (Phi) is 14.4. The van der Waals surface area contributed by atoms with E-state index in [1.165, 1.54) is 13.8 Å². The Labute approximate surface area is 208 Å². The molecule has 0 aliphatic carbocycles. The van der Waals surface area contributed by atoms with Gasteiger partial charge in [-0.1, -0.05) is 20.1 Å². The molecular weight excluding hydrogens is 419 g/mol. The third-order valence-corrected chi connectivity index (χ3v) is 4.35. The van der Waals surface area contributed by atoms with Crippen molar-refractivity contribution in [1.29, 1.82) is 0 Å². The van der Waals surface area contributed by atoms with Gasteiger partial charge in [-0.05, 0) is 26.7 Å². The van der Waals surface area contributed by atoms with Gasteiger partial charge in [0.25, 0.3) is 10.1 Å². The summed E-state index contributed by atoms with van der Waals surface area (Å²) in [4.78, 5) is 35.8. The average Bonchev–Trinajstić information content (AvgIpc) is 2.57. The number of hydrogen-bond donors (Lipinski definition) is 1. The van der Waals surface area contributed by atoms with Crippen molar-refractivity contribution in [1.82, 2.24) is 0 Å². The molecule has 0 heterocycles. The monoisotopic (exact) mass is 446 g/mol. The van der Waals surface area contributed by atoms with Crippen molar-refractivity contribution >= 4 is 79.4 Å². The van der Waals surface area contributed by atoms with Gasteiger partial charge >= 0.3 is 69.3 Å². The Bertz CT molecular complexity index is 667. The Morgan fingerprint density at radius 3 is 1.71 bits per heavy atom. The molecule has 0 aromatic rings. The van der Waals surface area contributed by atoms with E-state index in [1.54, 1.807) is 6.92 Å². The molecule has 0 unspecified atom stereocenters. The number of hydrogen-bond acceptors (Lipinski definition) is 8. The summed E-state index contributed by atoms with van der Waals surface area (Å²) in [6, 6.07) is 0. The average molecular weight is 447 g/mol. The zero-order chi connectivity index (χ0) is 21.3. The van der Waals surface area contributed by atoms with Crippen LogP contribution >= 0.6 is 0 Å². The molecule has 0 aromatic heterocycles. The van der Waals surface area contributed by atoms with Crippen LogP contribution in [0.5, 0.6) is 0 Å². The van der Waals surface area contributed by atoms with E-state index in [-0.39, 0.29) is 82.0 Å². The topological polar surface area (TPSA) is 133 Å². The van der Waals surface area contributed by atoms with Gasteiger partial charge in [0.1, 0.15) is 18.6 Å². The van der Waals surface area contributed by atoms with Crippen molar-refractivity contribution in [3.8, 4) is 0 Å². The van der Waals surface area contributed by atoms with Gasteiger partial charge in [-0.3, -0.25) is 9.35 Å². The molecule has 0 spiro atoms. The van der Waals surface area contributed by atoms with Gasteiger partial charge in [-0.15, -0.1) is 0 Å². The molecule has 11 heteroatoms. The second-order valence-electron chi connectivity index (χ2n) is 6.12. The van der Waals surface area contributed by atoms with E-state index in [2.05, 4.69) is 13.2 Å². The van der Waals surface area contributed by atoms with E-state index in [4.69, 9.17) is 18.8 Å². The third kappa shape index (κ3) is 11.4. The van der Waals surface area contributed by atoms with Gasteiger partial charge in [0.05, 0.1) is 12.4 Å². The van der Waals surface area contributed by atoms with Crippen LogP contribution < -0.4 is 0 Å². The van der Waals surface area contributed by atoms with Crippen LogP contribution in [-0.4, -0.2) is 108 Å². The van der Waals surface area contributed by atoms with Crippen LogP contribution in [0.15, 0.2) is 24.3 Å². The summed E-state index contributed by atoms with van der Waals surface area (Å²) in [7, 11) is -4.17. The molecule has 0 radical (unpaired) electrons. The first-order valence-corrected chi connectivity index (χ1v) is 9.73. The molecule has 0 aromatic carbocycles. The molecule has 0 aliphatic heterocycles. The van der Waals surface area contributed by atoms with Crippen molar-refractivity contribution < 1.29 is 41.6 Å². The molecule has 9 nitrogen and oxygen atoms in total. The summed E-state index contributed by atoms with van der Waals surface area (Å²) in [5, 5.41) is 0. The van der Waals surface area contributed by atoms with Crippen molar-refractivity contribution in [2.24, 2.45) is 5.41 Å². The van der Waals surface area contributed by atoms with Gasteiger partial charge in [0.15, 0.2) is 0 Å². The van der Waals surface area contributed by atoms with Gasteiger partial charge in [0.2, 0.25) is 0 Å². The van der Waals surface area contributed by atoms with Crippen LogP contribution in [0.3, 0.4) is 0 Å². The van der Waals surface area contributed by atoms with Crippen LogP contribution in [0.4, 0.5) is 0 Å². The van der Waals surface area contributed by atoms with Gasteiger partial charge in [-0.2, -0.15) is 8.42 Å². The van der Waals surface area contributed by atoms with E-state index >= 15 is 0 Å². The Balaban J connectivity index is 0. The van der Waals surface area contributed by atoms with E-state index in [1.807, 2.05) is 0 Å². The summed E-state index contributed by atoms with van der Waals surface area (Å²) >= 11 is 0. The van der Waals surface area contributed by atoms with E-state index < -0.39 is 52.4 Å². The molecule has 0 fully saturated rings. The summed E-state index contributed by atoms with van der Waals surface area (Å²) in [6.45, 7) is 10.2. The van der Waals surface area contributed by atoms with E-state index in [0.717, 1.165) is 0 Å². The zero-order valence-corrected chi connectivity index (χ0v) is 16.6. The summed E-state index contributed by atoms with van der Waals surface area (Å²) < 4.78 is 45.2. The molecule has 0 atom stereocenters. The number of esters is 3. The van der Waals surface area contributed by atoms with Gasteiger partial charge in [0, 0.05) is 11.1 Å². The second kappa shape index (κ2) is 13.6. The molecular formula is C17H27KO9S. The summed E-state index contributed by atoms with van der Waals surface area (Å²) in [5.74, 6) is -2.85. The fourth-order valence-corrected chi connectivity index (χ4v) is 2.20. The zero-order valence-electron chi connectivity index (χ0n) is 15.8. The van der Waals surface area contributed by atoms with Crippen LogP contribution in [-0.2, 0) is 38.7 Å². The number of ether oxygens (including phenoxy) is 3. The first-order valence-electron chi connectivity index (χ1n) is 8.12. The van der Waals surface area contributed by atoms with Crippen molar-refractivity contribution in [3.05, 3.63) is 24.3 Å². The van der Waals surface area contributed by atoms with Crippen LogP contribution in [0.1, 0.15) is 33.6 Å². The Morgan fingerprint density at radius 2 is 1.39 bits per heavy atom. The molecule has 28 heavy (non-hydrogen) atoms. The first kappa shape index (κ1) is 29.6. The van der Waals surface area contributed by atoms with Gasteiger partial charge < -0.3 is 14.2 Å². The number of carbonyl (C=O) groups excluding carboxylic acids is 3. The number of rotatable bonds is 12. The minimum absolute atomic E-state index is 0.